The molecule has 0 bridgehead atoms. The second-order valence-corrected chi connectivity index (χ2v) is 8.62. The van der Waals surface area contributed by atoms with Crippen molar-refractivity contribution >= 4 is 22.6 Å². The SMILES string of the molecule is CC(C)n1c(CN2CCC[C@@H](C(=O)Nc3cccc(C(F)(F)F)c3)C2)nc2ccccc21. The standard InChI is InChI=1S/C24H27F3N4O/c1-16(2)31-21-11-4-3-10-20(21)29-22(31)15-30-12-6-7-17(14-30)23(32)28-19-9-5-8-18(13-19)24(25,26)27/h3-5,8-11,13,16-17H,6-7,12,14-15H2,1-2H3,(H,28,32)/t17-/m1/s1. The first-order valence-corrected chi connectivity index (χ1v) is 10.9. The van der Waals surface area contributed by atoms with Crippen molar-refractivity contribution in [3.63, 3.8) is 0 Å². The third-order valence-corrected chi connectivity index (χ3v) is 5.88. The molecule has 1 fully saturated rings. The number of hydrogen-bond donors (Lipinski definition) is 1. The first-order chi connectivity index (χ1) is 15.2. The fraction of sp³-hybridized carbons (Fsp3) is 0.417. The molecule has 8 heteroatoms. The van der Waals surface area contributed by atoms with Crippen molar-refractivity contribution in [3.05, 3.63) is 59.9 Å². The average Bonchev–Trinajstić information content (AvgIpc) is 3.11. The lowest BCUT2D eigenvalue weighted by Crippen LogP contribution is -2.40. The molecule has 170 valence electrons. The summed E-state index contributed by atoms with van der Waals surface area (Å²) in [7, 11) is 0. The van der Waals surface area contributed by atoms with Crippen LogP contribution >= 0.6 is 0 Å². The maximum absolute atomic E-state index is 13.0. The summed E-state index contributed by atoms with van der Waals surface area (Å²) < 4.78 is 41.1. The van der Waals surface area contributed by atoms with Crippen LogP contribution in [0, 0.1) is 5.92 Å². The molecular formula is C24H27F3N4O. The fourth-order valence-electron chi connectivity index (χ4n) is 4.41. The number of nitrogens with one attached hydrogen (secondary N) is 1. The first kappa shape index (κ1) is 22.3. The van der Waals surface area contributed by atoms with Crippen LogP contribution in [-0.4, -0.2) is 33.4 Å². The molecule has 0 saturated carbocycles. The van der Waals surface area contributed by atoms with E-state index in [2.05, 4.69) is 34.7 Å². The Bertz CT molecular complexity index is 1110. The number of hydrogen-bond acceptors (Lipinski definition) is 3. The van der Waals surface area contributed by atoms with E-state index in [4.69, 9.17) is 4.98 Å². The average molecular weight is 445 g/mol. The molecule has 1 saturated heterocycles. The van der Waals surface area contributed by atoms with Gasteiger partial charge in [-0.05, 0) is 63.6 Å². The Morgan fingerprint density at radius 3 is 2.72 bits per heavy atom. The number of piperidine rings is 1. The van der Waals surface area contributed by atoms with E-state index in [1.165, 1.54) is 12.1 Å². The van der Waals surface area contributed by atoms with Crippen molar-refractivity contribution in [2.45, 2.75) is 45.5 Å². The van der Waals surface area contributed by atoms with E-state index in [9.17, 15) is 18.0 Å². The van der Waals surface area contributed by atoms with Crippen LogP contribution in [-0.2, 0) is 17.5 Å². The zero-order valence-corrected chi connectivity index (χ0v) is 18.2. The number of nitrogens with zero attached hydrogens (tertiary/aromatic N) is 3. The summed E-state index contributed by atoms with van der Waals surface area (Å²) in [6, 6.07) is 13.1. The zero-order chi connectivity index (χ0) is 22.9. The summed E-state index contributed by atoms with van der Waals surface area (Å²) in [6.07, 6.45) is -2.88. The van der Waals surface area contributed by atoms with Gasteiger partial charge in [0.25, 0.3) is 0 Å². The Morgan fingerprint density at radius 2 is 1.97 bits per heavy atom. The van der Waals surface area contributed by atoms with E-state index in [-0.39, 0.29) is 23.6 Å². The van der Waals surface area contributed by atoms with Gasteiger partial charge in [0.1, 0.15) is 5.82 Å². The monoisotopic (exact) mass is 444 g/mol. The number of carbonyl (C=O) groups excluding carboxylic acids is 1. The molecule has 1 amide bonds. The third kappa shape index (κ3) is 4.80. The number of benzene rings is 2. The molecule has 1 atom stereocenters. The summed E-state index contributed by atoms with van der Waals surface area (Å²) >= 11 is 0. The number of para-hydroxylation sites is 2. The lowest BCUT2D eigenvalue weighted by atomic mass is 9.97. The molecule has 5 nitrogen and oxygen atoms in total. The van der Waals surface area contributed by atoms with Gasteiger partial charge in [-0.1, -0.05) is 18.2 Å². The molecule has 0 radical (unpaired) electrons. The number of carbonyl (C=O) groups is 1. The Hall–Kier alpha value is -2.87. The lowest BCUT2D eigenvalue weighted by Gasteiger charge is -2.32. The largest absolute Gasteiger partial charge is 0.416 e. The van der Waals surface area contributed by atoms with Crippen LogP contribution in [0.25, 0.3) is 11.0 Å². The van der Waals surface area contributed by atoms with Crippen molar-refractivity contribution in [2.75, 3.05) is 18.4 Å². The fourth-order valence-corrected chi connectivity index (χ4v) is 4.41. The lowest BCUT2D eigenvalue weighted by molar-refractivity contribution is -0.137. The Kier molecular flexibility index (Phi) is 6.24. The van der Waals surface area contributed by atoms with Crippen molar-refractivity contribution in [1.82, 2.24) is 14.5 Å². The number of halogens is 3. The van der Waals surface area contributed by atoms with Gasteiger partial charge in [-0.25, -0.2) is 4.98 Å². The molecule has 2 aromatic carbocycles. The predicted octanol–water partition coefficient (Wildman–Crippen LogP) is 5.49. The van der Waals surface area contributed by atoms with Gasteiger partial charge >= 0.3 is 6.18 Å². The van der Waals surface area contributed by atoms with Crippen molar-refractivity contribution in [3.8, 4) is 0 Å². The molecule has 1 aliphatic heterocycles. The number of fused-ring (bicyclic) bond motifs is 1. The maximum atomic E-state index is 13.0. The summed E-state index contributed by atoms with van der Waals surface area (Å²) in [6.45, 7) is 6.28. The number of imidazole rings is 1. The number of rotatable bonds is 5. The molecule has 1 aromatic heterocycles. The quantitative estimate of drug-likeness (QED) is 0.566. The molecule has 4 rings (SSSR count). The van der Waals surface area contributed by atoms with Crippen LogP contribution in [0.4, 0.5) is 18.9 Å². The number of alkyl halides is 3. The van der Waals surface area contributed by atoms with Crippen LogP contribution in [0.15, 0.2) is 48.5 Å². The number of amides is 1. The van der Waals surface area contributed by atoms with Crippen molar-refractivity contribution in [1.29, 1.82) is 0 Å². The van der Waals surface area contributed by atoms with E-state index >= 15 is 0 Å². The predicted molar refractivity (Wildman–Crippen MR) is 118 cm³/mol. The minimum atomic E-state index is -4.44. The molecule has 3 aromatic rings. The first-order valence-electron chi connectivity index (χ1n) is 10.9. The molecule has 1 aliphatic rings. The van der Waals surface area contributed by atoms with E-state index in [0.717, 1.165) is 42.0 Å². The van der Waals surface area contributed by atoms with E-state index in [1.54, 1.807) is 0 Å². The van der Waals surface area contributed by atoms with Gasteiger partial charge in [0.05, 0.1) is 29.1 Å². The Morgan fingerprint density at radius 1 is 1.19 bits per heavy atom. The highest BCUT2D eigenvalue weighted by atomic mass is 19.4. The van der Waals surface area contributed by atoms with Gasteiger partial charge in [-0.15, -0.1) is 0 Å². The molecule has 2 heterocycles. The highest BCUT2D eigenvalue weighted by Gasteiger charge is 2.31. The van der Waals surface area contributed by atoms with Crippen molar-refractivity contribution in [2.24, 2.45) is 5.92 Å². The van der Waals surface area contributed by atoms with Gasteiger partial charge in [-0.3, -0.25) is 9.69 Å². The van der Waals surface area contributed by atoms with Crippen LogP contribution in [0.1, 0.15) is 44.1 Å². The minimum Gasteiger partial charge on any atom is -0.326 e. The third-order valence-electron chi connectivity index (χ3n) is 5.88. The summed E-state index contributed by atoms with van der Waals surface area (Å²) in [5.41, 5.74) is 1.44. The second-order valence-electron chi connectivity index (χ2n) is 8.62. The smallest absolute Gasteiger partial charge is 0.326 e. The van der Waals surface area contributed by atoms with Crippen LogP contribution in [0.5, 0.6) is 0 Å². The highest BCUT2D eigenvalue weighted by Crippen LogP contribution is 2.31. The van der Waals surface area contributed by atoms with Crippen LogP contribution in [0.2, 0.25) is 0 Å². The molecular weight excluding hydrogens is 417 g/mol. The van der Waals surface area contributed by atoms with Crippen LogP contribution in [0.3, 0.4) is 0 Å². The van der Waals surface area contributed by atoms with E-state index in [0.29, 0.717) is 19.5 Å². The zero-order valence-electron chi connectivity index (χ0n) is 18.2. The minimum absolute atomic E-state index is 0.170. The number of aromatic nitrogens is 2. The Labute approximate surface area is 185 Å². The van der Waals surface area contributed by atoms with Gasteiger partial charge in [0.2, 0.25) is 5.91 Å². The highest BCUT2D eigenvalue weighted by molar-refractivity contribution is 5.92. The molecule has 32 heavy (non-hydrogen) atoms. The van der Waals surface area contributed by atoms with Gasteiger partial charge in [0.15, 0.2) is 0 Å². The number of likely N-dealkylation sites (tertiary alicyclic amines) is 1. The second kappa shape index (κ2) is 8.94. The van der Waals surface area contributed by atoms with E-state index < -0.39 is 11.7 Å². The summed E-state index contributed by atoms with van der Waals surface area (Å²) in [4.78, 5) is 19.8. The summed E-state index contributed by atoms with van der Waals surface area (Å²) in [5, 5.41) is 2.67. The van der Waals surface area contributed by atoms with Crippen molar-refractivity contribution < 1.29 is 18.0 Å². The topological polar surface area (TPSA) is 50.2 Å². The Balaban J connectivity index is 1.46. The van der Waals surface area contributed by atoms with Gasteiger partial charge < -0.3 is 9.88 Å². The van der Waals surface area contributed by atoms with Gasteiger partial charge in [0, 0.05) is 18.3 Å². The van der Waals surface area contributed by atoms with E-state index in [1.807, 2.05) is 18.2 Å². The van der Waals surface area contributed by atoms with Gasteiger partial charge in [-0.2, -0.15) is 13.2 Å². The summed E-state index contributed by atoms with van der Waals surface area (Å²) in [5.74, 6) is 0.432. The van der Waals surface area contributed by atoms with Crippen LogP contribution < -0.4 is 5.32 Å². The normalized spacial score (nSPS) is 17.8. The number of anilines is 1. The molecule has 0 aliphatic carbocycles. The molecule has 0 unspecified atom stereocenters. The molecule has 1 N–H and O–H groups in total. The molecule has 0 spiro atoms. The maximum Gasteiger partial charge on any atom is 0.416 e.